The van der Waals surface area contributed by atoms with Crippen LogP contribution < -0.4 is 5.73 Å². The van der Waals surface area contributed by atoms with Crippen LogP contribution in [0.3, 0.4) is 0 Å². The summed E-state index contributed by atoms with van der Waals surface area (Å²) in [6.45, 7) is 14.8. The van der Waals surface area contributed by atoms with Crippen LogP contribution in [0.2, 0.25) is 0 Å². The molecule has 0 aromatic heterocycles. The van der Waals surface area contributed by atoms with Crippen molar-refractivity contribution in [3.63, 3.8) is 0 Å². The highest BCUT2D eigenvalue weighted by Gasteiger charge is 2.27. The van der Waals surface area contributed by atoms with E-state index in [2.05, 4.69) is 51.5 Å². The molecule has 1 heterocycles. The minimum atomic E-state index is 0.226. The molecule has 3 unspecified atom stereocenters. The molecule has 0 aromatic carbocycles. The topological polar surface area (TPSA) is 32.5 Å². The summed E-state index contributed by atoms with van der Waals surface area (Å²) in [5, 5.41) is 0. The number of rotatable bonds is 3. The fourth-order valence-corrected chi connectivity index (χ4v) is 2.45. The molecule has 3 nitrogen and oxygen atoms in total. The van der Waals surface area contributed by atoms with E-state index in [1.807, 2.05) is 0 Å². The van der Waals surface area contributed by atoms with Gasteiger partial charge >= 0.3 is 0 Å². The molecule has 2 N–H and O–H groups in total. The van der Waals surface area contributed by atoms with Crippen LogP contribution in [0.25, 0.3) is 0 Å². The van der Waals surface area contributed by atoms with Crippen LogP contribution in [0.4, 0.5) is 0 Å². The zero-order valence-electron chi connectivity index (χ0n) is 12.5. The molecule has 0 bridgehead atoms. The van der Waals surface area contributed by atoms with Crippen molar-refractivity contribution in [2.45, 2.75) is 59.2 Å². The van der Waals surface area contributed by atoms with Crippen molar-refractivity contribution in [2.24, 2.45) is 11.1 Å². The summed E-state index contributed by atoms with van der Waals surface area (Å²) < 4.78 is 0. The Kier molecular flexibility index (Phi) is 4.99. The van der Waals surface area contributed by atoms with Crippen molar-refractivity contribution in [1.29, 1.82) is 0 Å². The molecule has 0 aliphatic carbocycles. The van der Waals surface area contributed by atoms with E-state index < -0.39 is 0 Å². The quantitative estimate of drug-likeness (QED) is 0.817. The van der Waals surface area contributed by atoms with Crippen LogP contribution in [0.15, 0.2) is 0 Å². The molecule has 0 aromatic rings. The number of nitrogens with two attached hydrogens (primary N) is 1. The Morgan fingerprint density at radius 1 is 1.18 bits per heavy atom. The van der Waals surface area contributed by atoms with Crippen LogP contribution in [-0.4, -0.2) is 54.6 Å². The molecule has 102 valence electrons. The van der Waals surface area contributed by atoms with Gasteiger partial charge in [0.25, 0.3) is 0 Å². The van der Waals surface area contributed by atoms with E-state index in [1.165, 1.54) is 13.1 Å². The second kappa shape index (κ2) is 5.68. The monoisotopic (exact) mass is 241 g/mol. The molecule has 1 aliphatic heterocycles. The molecule has 1 saturated heterocycles. The van der Waals surface area contributed by atoms with Gasteiger partial charge < -0.3 is 10.6 Å². The summed E-state index contributed by atoms with van der Waals surface area (Å²) in [5.74, 6) is 0. The zero-order chi connectivity index (χ0) is 13.2. The molecule has 0 radical (unpaired) electrons. The average Bonchev–Trinajstić information content (AvgIpc) is 2.20. The maximum atomic E-state index is 6.23. The summed E-state index contributed by atoms with van der Waals surface area (Å²) >= 11 is 0. The van der Waals surface area contributed by atoms with Crippen molar-refractivity contribution in [1.82, 2.24) is 9.80 Å². The third kappa shape index (κ3) is 4.23. The summed E-state index contributed by atoms with van der Waals surface area (Å²) in [6.07, 6.45) is 1.10. The van der Waals surface area contributed by atoms with E-state index in [0.717, 1.165) is 13.0 Å². The number of likely N-dealkylation sites (N-methyl/N-ethyl adjacent to an activating group) is 1. The highest BCUT2D eigenvalue weighted by atomic mass is 15.3. The Hall–Kier alpha value is -0.120. The van der Waals surface area contributed by atoms with E-state index in [4.69, 9.17) is 5.73 Å². The third-order valence-corrected chi connectivity index (χ3v) is 4.30. The lowest BCUT2D eigenvalue weighted by Crippen LogP contribution is -2.55. The average molecular weight is 241 g/mol. The smallest absolute Gasteiger partial charge is 0.0195 e. The van der Waals surface area contributed by atoms with Gasteiger partial charge in [-0.1, -0.05) is 20.8 Å². The van der Waals surface area contributed by atoms with Crippen LogP contribution >= 0.6 is 0 Å². The number of piperazine rings is 1. The molecule has 1 rings (SSSR count). The van der Waals surface area contributed by atoms with Gasteiger partial charge in [0.2, 0.25) is 0 Å². The van der Waals surface area contributed by atoms with Crippen molar-refractivity contribution in [3.8, 4) is 0 Å². The lowest BCUT2D eigenvalue weighted by atomic mass is 9.85. The van der Waals surface area contributed by atoms with Gasteiger partial charge in [-0.2, -0.15) is 0 Å². The largest absolute Gasteiger partial charge is 0.327 e. The number of hydrogen-bond acceptors (Lipinski definition) is 3. The summed E-state index contributed by atoms with van der Waals surface area (Å²) in [4.78, 5) is 5.04. The van der Waals surface area contributed by atoms with E-state index in [-0.39, 0.29) is 5.41 Å². The summed E-state index contributed by atoms with van der Waals surface area (Å²) in [5.41, 5.74) is 6.45. The molecule has 0 saturated carbocycles. The maximum Gasteiger partial charge on any atom is 0.0195 e. The first-order valence-electron chi connectivity index (χ1n) is 6.91. The van der Waals surface area contributed by atoms with Gasteiger partial charge in [0.15, 0.2) is 0 Å². The third-order valence-electron chi connectivity index (χ3n) is 4.30. The minimum absolute atomic E-state index is 0.226. The van der Waals surface area contributed by atoms with Crippen LogP contribution in [0.5, 0.6) is 0 Å². The standard InChI is InChI=1S/C14H31N3/c1-11-9-17(10-12(2)16(11)6)8-7-13(15)14(3,4)5/h11-13H,7-10,15H2,1-6H3. The Morgan fingerprint density at radius 3 is 2.06 bits per heavy atom. The highest BCUT2D eigenvalue weighted by molar-refractivity contribution is 4.84. The zero-order valence-corrected chi connectivity index (χ0v) is 12.5. The molecule has 3 heteroatoms. The molecular formula is C14H31N3. The van der Waals surface area contributed by atoms with E-state index in [9.17, 15) is 0 Å². The van der Waals surface area contributed by atoms with Crippen molar-refractivity contribution >= 4 is 0 Å². The van der Waals surface area contributed by atoms with Gasteiger partial charge in [0.05, 0.1) is 0 Å². The second-order valence-electron chi connectivity index (χ2n) is 6.88. The lowest BCUT2D eigenvalue weighted by molar-refractivity contribution is 0.0562. The fraction of sp³-hybridized carbons (Fsp3) is 1.00. The van der Waals surface area contributed by atoms with Gasteiger partial charge in [-0.25, -0.2) is 0 Å². The number of hydrogen-bond donors (Lipinski definition) is 1. The number of nitrogens with zero attached hydrogens (tertiary/aromatic N) is 2. The van der Waals surface area contributed by atoms with Crippen molar-refractivity contribution in [2.75, 3.05) is 26.7 Å². The van der Waals surface area contributed by atoms with Crippen molar-refractivity contribution < 1.29 is 0 Å². The van der Waals surface area contributed by atoms with Gasteiger partial charge in [-0.05, 0) is 39.3 Å². The van der Waals surface area contributed by atoms with Crippen molar-refractivity contribution in [3.05, 3.63) is 0 Å². The van der Waals surface area contributed by atoms with E-state index in [0.29, 0.717) is 18.1 Å². The lowest BCUT2D eigenvalue weighted by Gasteiger charge is -2.43. The molecule has 1 fully saturated rings. The van der Waals surface area contributed by atoms with E-state index in [1.54, 1.807) is 0 Å². The highest BCUT2D eigenvalue weighted by Crippen LogP contribution is 2.21. The molecular weight excluding hydrogens is 210 g/mol. The minimum Gasteiger partial charge on any atom is -0.327 e. The van der Waals surface area contributed by atoms with Gasteiger partial charge in [0, 0.05) is 31.2 Å². The predicted octanol–water partition coefficient (Wildman–Crippen LogP) is 1.77. The molecule has 0 spiro atoms. The Labute approximate surface area is 107 Å². The first-order chi connectivity index (χ1) is 7.71. The molecule has 17 heavy (non-hydrogen) atoms. The van der Waals surface area contributed by atoms with Gasteiger partial charge in [0.1, 0.15) is 0 Å². The summed E-state index contributed by atoms with van der Waals surface area (Å²) in [6, 6.07) is 1.61. The maximum absolute atomic E-state index is 6.23. The van der Waals surface area contributed by atoms with Crippen LogP contribution in [0, 0.1) is 5.41 Å². The first-order valence-corrected chi connectivity index (χ1v) is 6.91. The second-order valence-corrected chi connectivity index (χ2v) is 6.88. The molecule has 0 amide bonds. The fourth-order valence-electron chi connectivity index (χ4n) is 2.45. The first kappa shape index (κ1) is 14.9. The Morgan fingerprint density at radius 2 is 1.65 bits per heavy atom. The summed E-state index contributed by atoms with van der Waals surface area (Å²) in [7, 11) is 2.23. The molecule has 1 aliphatic rings. The van der Waals surface area contributed by atoms with E-state index >= 15 is 0 Å². The molecule has 3 atom stereocenters. The van der Waals surface area contributed by atoms with Crippen LogP contribution in [-0.2, 0) is 0 Å². The normalized spacial score (nSPS) is 30.5. The van der Waals surface area contributed by atoms with Crippen LogP contribution in [0.1, 0.15) is 41.0 Å². The SMILES string of the molecule is CC1CN(CCC(N)C(C)(C)C)CC(C)N1C. The van der Waals surface area contributed by atoms with Gasteiger partial charge in [-0.3, -0.25) is 4.90 Å². The van der Waals surface area contributed by atoms with Gasteiger partial charge in [-0.15, -0.1) is 0 Å². The Bertz CT molecular complexity index is 222. The Balaban J connectivity index is 2.38. The predicted molar refractivity (Wildman–Crippen MR) is 75.2 cm³/mol.